The van der Waals surface area contributed by atoms with Crippen molar-refractivity contribution in [1.29, 1.82) is 0 Å². The van der Waals surface area contributed by atoms with E-state index in [0.29, 0.717) is 17.9 Å². The number of hydrogen-bond donors (Lipinski definition) is 1. The van der Waals surface area contributed by atoms with Gasteiger partial charge in [0.2, 0.25) is 0 Å². The molecule has 18 heavy (non-hydrogen) atoms. The summed E-state index contributed by atoms with van der Waals surface area (Å²) in [5.74, 6) is 1.89. The lowest BCUT2D eigenvalue weighted by Crippen LogP contribution is -2.34. The van der Waals surface area contributed by atoms with Gasteiger partial charge in [0.15, 0.2) is 0 Å². The number of rotatable bonds is 5. The summed E-state index contributed by atoms with van der Waals surface area (Å²) in [6, 6.07) is 4.39. The van der Waals surface area contributed by atoms with Crippen LogP contribution in [0.3, 0.4) is 0 Å². The molecule has 0 saturated carbocycles. The number of hydrogen-bond acceptors (Lipinski definition) is 3. The van der Waals surface area contributed by atoms with Crippen LogP contribution in [0.2, 0.25) is 0 Å². The quantitative estimate of drug-likeness (QED) is 0.872. The zero-order valence-electron chi connectivity index (χ0n) is 12.4. The summed E-state index contributed by atoms with van der Waals surface area (Å²) < 4.78 is 0. The van der Waals surface area contributed by atoms with E-state index in [-0.39, 0.29) is 6.61 Å². The summed E-state index contributed by atoms with van der Waals surface area (Å²) in [5, 5.41) is 9.35. The Hall–Kier alpha value is -1.09. The van der Waals surface area contributed by atoms with E-state index in [1.807, 2.05) is 12.1 Å². The maximum atomic E-state index is 9.35. The molecule has 1 unspecified atom stereocenters. The molecule has 0 aromatic carbocycles. The molecule has 1 aromatic heterocycles. The third-order valence-corrected chi connectivity index (χ3v) is 3.60. The molecule has 0 amide bonds. The summed E-state index contributed by atoms with van der Waals surface area (Å²) in [5.41, 5.74) is 1.98. The van der Waals surface area contributed by atoms with Crippen LogP contribution in [0.15, 0.2) is 12.1 Å². The van der Waals surface area contributed by atoms with Crippen LogP contribution in [-0.2, 0) is 6.61 Å². The minimum atomic E-state index is 0.0686. The Morgan fingerprint density at radius 3 is 2.22 bits per heavy atom. The molecule has 0 spiro atoms. The number of aromatic nitrogens is 1. The Kier molecular flexibility index (Phi) is 5.15. The van der Waals surface area contributed by atoms with Crippen molar-refractivity contribution in [2.24, 2.45) is 5.92 Å². The van der Waals surface area contributed by atoms with Gasteiger partial charge in [-0.1, -0.05) is 27.7 Å². The van der Waals surface area contributed by atoms with Gasteiger partial charge in [-0.3, -0.25) is 0 Å². The first kappa shape index (κ1) is 15.0. The van der Waals surface area contributed by atoms with Crippen molar-refractivity contribution in [3.05, 3.63) is 23.4 Å². The lowest BCUT2D eigenvalue weighted by molar-refractivity contribution is 0.281. The first-order chi connectivity index (χ1) is 8.36. The number of anilines is 1. The fourth-order valence-electron chi connectivity index (χ4n) is 1.82. The van der Waals surface area contributed by atoms with Gasteiger partial charge in [-0.15, -0.1) is 0 Å². The average Bonchev–Trinajstić information content (AvgIpc) is 2.35. The second kappa shape index (κ2) is 6.19. The molecule has 1 atom stereocenters. The van der Waals surface area contributed by atoms with Gasteiger partial charge in [0.25, 0.3) is 0 Å². The van der Waals surface area contributed by atoms with E-state index < -0.39 is 0 Å². The van der Waals surface area contributed by atoms with Crippen LogP contribution >= 0.6 is 0 Å². The molecule has 1 N–H and O–H groups in total. The van der Waals surface area contributed by atoms with Crippen molar-refractivity contribution >= 4 is 5.82 Å². The zero-order valence-corrected chi connectivity index (χ0v) is 12.4. The normalized spacial score (nSPS) is 13.2. The Morgan fingerprint density at radius 2 is 1.78 bits per heavy atom. The lowest BCUT2D eigenvalue weighted by Gasteiger charge is -2.29. The predicted octanol–water partition coefficient (Wildman–Crippen LogP) is 3.18. The van der Waals surface area contributed by atoms with Gasteiger partial charge in [0, 0.05) is 18.8 Å². The van der Waals surface area contributed by atoms with Crippen LogP contribution in [0.4, 0.5) is 5.82 Å². The van der Waals surface area contributed by atoms with Gasteiger partial charge < -0.3 is 10.0 Å². The highest BCUT2D eigenvalue weighted by Crippen LogP contribution is 2.22. The van der Waals surface area contributed by atoms with E-state index in [2.05, 4.69) is 46.6 Å². The van der Waals surface area contributed by atoms with Crippen molar-refractivity contribution in [1.82, 2.24) is 4.98 Å². The predicted molar refractivity (Wildman–Crippen MR) is 77.0 cm³/mol. The van der Waals surface area contributed by atoms with Gasteiger partial charge in [0.05, 0.1) is 6.61 Å². The van der Waals surface area contributed by atoms with Gasteiger partial charge in [-0.25, -0.2) is 4.98 Å². The highest BCUT2D eigenvalue weighted by Gasteiger charge is 2.16. The number of aliphatic hydroxyl groups excluding tert-OH is 1. The fourth-order valence-corrected chi connectivity index (χ4v) is 1.82. The molecular formula is C15H26N2O. The first-order valence-corrected chi connectivity index (χ1v) is 6.71. The Labute approximate surface area is 111 Å². The summed E-state index contributed by atoms with van der Waals surface area (Å²) in [4.78, 5) is 6.89. The minimum Gasteiger partial charge on any atom is -0.392 e. The molecule has 1 aromatic rings. The topological polar surface area (TPSA) is 36.4 Å². The second-order valence-corrected chi connectivity index (χ2v) is 5.67. The van der Waals surface area contributed by atoms with Crippen LogP contribution in [0.25, 0.3) is 0 Å². The largest absolute Gasteiger partial charge is 0.392 e. The zero-order chi connectivity index (χ0) is 13.9. The van der Waals surface area contributed by atoms with Gasteiger partial charge in [-0.2, -0.15) is 0 Å². The summed E-state index contributed by atoms with van der Waals surface area (Å²) in [7, 11) is 2.07. The van der Waals surface area contributed by atoms with Gasteiger partial charge in [-0.05, 0) is 36.5 Å². The molecule has 1 rings (SSSR count). The highest BCUT2D eigenvalue weighted by atomic mass is 16.3. The molecule has 0 fully saturated rings. The molecule has 102 valence electrons. The number of aliphatic hydroxyl groups is 1. The molecule has 1 heterocycles. The van der Waals surface area contributed by atoms with E-state index in [9.17, 15) is 5.11 Å². The van der Waals surface area contributed by atoms with E-state index in [1.54, 1.807) is 0 Å². The Balaban J connectivity index is 3.11. The van der Waals surface area contributed by atoms with Gasteiger partial charge in [0.1, 0.15) is 5.82 Å². The number of pyridine rings is 1. The lowest BCUT2D eigenvalue weighted by atomic mass is 10.0. The first-order valence-electron chi connectivity index (χ1n) is 6.71. The van der Waals surface area contributed by atoms with E-state index >= 15 is 0 Å². The van der Waals surface area contributed by atoms with Crippen molar-refractivity contribution < 1.29 is 5.11 Å². The third-order valence-electron chi connectivity index (χ3n) is 3.60. The average molecular weight is 250 g/mol. The molecule has 0 bridgehead atoms. The standard InChI is InChI=1S/C15H26N2O/c1-10(2)12(5)17(6)15-8-13(9-18)7-14(16-15)11(3)4/h7-8,10-12,18H,9H2,1-6H3. The fraction of sp³-hybridized carbons (Fsp3) is 0.667. The maximum absolute atomic E-state index is 9.35. The monoisotopic (exact) mass is 250 g/mol. The SMILES string of the molecule is CC(C)c1cc(CO)cc(N(C)C(C)C(C)C)n1. The van der Waals surface area contributed by atoms with Crippen molar-refractivity contribution in [2.45, 2.75) is 53.2 Å². The molecule has 0 aliphatic heterocycles. The number of nitrogens with zero attached hydrogens (tertiary/aromatic N) is 2. The van der Waals surface area contributed by atoms with E-state index in [4.69, 9.17) is 4.98 Å². The smallest absolute Gasteiger partial charge is 0.129 e. The highest BCUT2D eigenvalue weighted by molar-refractivity contribution is 5.43. The van der Waals surface area contributed by atoms with Crippen LogP contribution in [-0.4, -0.2) is 23.2 Å². The second-order valence-electron chi connectivity index (χ2n) is 5.67. The van der Waals surface area contributed by atoms with Crippen molar-refractivity contribution in [3.63, 3.8) is 0 Å². The Bertz CT molecular complexity index is 388. The van der Waals surface area contributed by atoms with Crippen LogP contribution < -0.4 is 4.90 Å². The van der Waals surface area contributed by atoms with E-state index in [0.717, 1.165) is 17.1 Å². The third kappa shape index (κ3) is 3.45. The Morgan fingerprint density at radius 1 is 1.17 bits per heavy atom. The van der Waals surface area contributed by atoms with Crippen LogP contribution in [0.1, 0.15) is 51.8 Å². The van der Waals surface area contributed by atoms with Crippen molar-refractivity contribution in [3.8, 4) is 0 Å². The molecule has 3 heteroatoms. The molecule has 0 aliphatic rings. The van der Waals surface area contributed by atoms with Crippen LogP contribution in [0.5, 0.6) is 0 Å². The molecular weight excluding hydrogens is 224 g/mol. The minimum absolute atomic E-state index is 0.0686. The molecule has 3 nitrogen and oxygen atoms in total. The maximum Gasteiger partial charge on any atom is 0.129 e. The summed E-state index contributed by atoms with van der Waals surface area (Å²) in [6.45, 7) is 10.9. The summed E-state index contributed by atoms with van der Waals surface area (Å²) in [6.07, 6.45) is 0. The van der Waals surface area contributed by atoms with Crippen LogP contribution in [0, 0.1) is 5.92 Å². The molecule has 0 saturated heterocycles. The van der Waals surface area contributed by atoms with Gasteiger partial charge >= 0.3 is 0 Å². The molecule has 0 radical (unpaired) electrons. The molecule has 0 aliphatic carbocycles. The summed E-state index contributed by atoms with van der Waals surface area (Å²) >= 11 is 0. The van der Waals surface area contributed by atoms with E-state index in [1.165, 1.54) is 0 Å². The van der Waals surface area contributed by atoms with Crippen molar-refractivity contribution in [2.75, 3.05) is 11.9 Å².